The fourth-order valence-corrected chi connectivity index (χ4v) is 23.2. The molecule has 0 bridgehead atoms. The fourth-order valence-electron chi connectivity index (χ4n) is 20.1. The molecular formula is C120H78N8OSi. The zero-order valence-corrected chi connectivity index (χ0v) is 72.1. The van der Waals surface area contributed by atoms with Gasteiger partial charge in [-0.1, -0.05) is 359 Å². The maximum absolute atomic E-state index is 6.34. The van der Waals surface area contributed by atoms with E-state index >= 15 is 0 Å². The maximum Gasteiger partial charge on any atom is 0.165 e. The normalized spacial score (nSPS) is 12.3. The molecule has 1 aliphatic heterocycles. The predicted molar refractivity (Wildman–Crippen MR) is 542 cm³/mol. The summed E-state index contributed by atoms with van der Waals surface area (Å²) in [6, 6.07) is 154. The van der Waals surface area contributed by atoms with E-state index in [0.29, 0.717) is 23.3 Å². The van der Waals surface area contributed by atoms with E-state index in [0.717, 1.165) is 166 Å². The van der Waals surface area contributed by atoms with Crippen LogP contribution in [0.5, 0.6) is 0 Å². The van der Waals surface area contributed by atoms with Crippen molar-refractivity contribution in [3.8, 4) is 135 Å². The zero-order valence-electron chi connectivity index (χ0n) is 71.1. The van der Waals surface area contributed by atoms with Gasteiger partial charge in [0, 0.05) is 88.7 Å². The second kappa shape index (κ2) is 30.7. The second-order valence-corrected chi connectivity index (χ2v) is 38.7. The molecule has 130 heavy (non-hydrogen) atoms. The Labute approximate surface area is 750 Å². The minimum absolute atomic E-state index is 0.627. The molecule has 0 radical (unpaired) electrons. The average Bonchev–Trinajstić information content (AvgIpc) is 1.42. The SMILES string of the molecule is C[Si]1(C)c2ccccc2-c2ccc(-c3ccc(-n4c5ccccc5c5cc(-c6ccc(-c7nc(-c8c9ccccc9cc9ccccc89)nc(-c8c9ccccc9cc9ccccc89)n7)cc6)ccc54)cc3)cc21.c1ccc(-c2cc(-c3ccccc3)nc(-c3ccc(-c4ccc5c(c4)c4ccccc4n5-c4ccc(-c5cccc6c5oc5ccccc56)cn4)cc3)n2)cc1. The van der Waals surface area contributed by atoms with E-state index < -0.39 is 8.07 Å². The largest absolute Gasteiger partial charge is 0.455 e. The first-order valence-corrected chi connectivity index (χ1v) is 47.3. The highest BCUT2D eigenvalue weighted by Gasteiger charge is 2.37. The molecule has 608 valence electrons. The van der Waals surface area contributed by atoms with Gasteiger partial charge in [0.05, 0.1) is 33.5 Å². The first kappa shape index (κ1) is 75.6. The standard InChI is InChI=1S/C69H46N4Si.C51H32N4O/c1-74(2)63-26-14-12-24-58(63)59-37-33-47(42-64(59)74)44-31-35-52(36-32-44)73-61-25-13-11-23-57(61)60-41-46(34-38-62(60)73)43-27-29-45(30-28-43)67-70-68(65-53-19-7-3-15-48(53)39-49-16-4-8-20-54(49)65)72-69(71-67)66-55-21-9-5-17-50(55)40-51-18-6-10-22-56(51)66;1-3-12-34(13-4-1)44-31-45(35-14-5-2-6-15-35)54-51(53-44)36-24-22-33(23-25-36)37-26-28-47-43(30-37)40-16-7-9-20-46(40)55(47)49-29-27-38(32-52-49)39-18-11-19-42-41-17-8-10-21-48(41)56-50(39)42/h3-42H,1-2H3;1-32H. The summed E-state index contributed by atoms with van der Waals surface area (Å²) in [4.78, 5) is 31.3. The highest BCUT2D eigenvalue weighted by molar-refractivity contribution is 7.03. The lowest BCUT2D eigenvalue weighted by Gasteiger charge is -2.19. The van der Waals surface area contributed by atoms with Crippen LogP contribution in [0.15, 0.2) is 441 Å². The second-order valence-electron chi connectivity index (χ2n) is 34.4. The summed E-state index contributed by atoms with van der Waals surface area (Å²) >= 11 is 0. The molecule has 9 nitrogen and oxygen atoms in total. The quantitative estimate of drug-likeness (QED) is 0.0887. The van der Waals surface area contributed by atoms with E-state index in [9.17, 15) is 0 Å². The molecule has 0 saturated carbocycles. The number of aromatic nitrogens is 8. The summed E-state index contributed by atoms with van der Waals surface area (Å²) in [5.74, 6) is 3.48. The number of nitrogens with zero attached hydrogens (tertiary/aromatic N) is 8. The summed E-state index contributed by atoms with van der Waals surface area (Å²) in [7, 11) is -1.78. The van der Waals surface area contributed by atoms with Gasteiger partial charge in [-0.3, -0.25) is 4.57 Å². The molecule has 0 fully saturated rings. The van der Waals surface area contributed by atoms with Crippen molar-refractivity contribution in [1.82, 2.24) is 39.0 Å². The Balaban J connectivity index is 0.000000146. The van der Waals surface area contributed by atoms with Crippen LogP contribution in [0.4, 0.5) is 0 Å². The molecule has 1 aliphatic rings. The maximum atomic E-state index is 6.34. The smallest absolute Gasteiger partial charge is 0.165 e. The summed E-state index contributed by atoms with van der Waals surface area (Å²) in [6.45, 7) is 4.97. The molecule has 19 aromatic carbocycles. The lowest BCUT2D eigenvalue weighted by molar-refractivity contribution is 0.670. The van der Waals surface area contributed by atoms with Gasteiger partial charge in [-0.15, -0.1) is 0 Å². The van der Waals surface area contributed by atoms with E-state index in [1.165, 1.54) is 65.2 Å². The van der Waals surface area contributed by atoms with Crippen LogP contribution in [0.25, 0.3) is 244 Å². The van der Waals surface area contributed by atoms with Crippen LogP contribution in [0.3, 0.4) is 0 Å². The number of rotatable bonds is 12. The summed E-state index contributed by atoms with van der Waals surface area (Å²) in [6.07, 6.45) is 1.95. The molecule has 0 spiro atoms. The number of pyridine rings is 1. The van der Waals surface area contributed by atoms with Crippen molar-refractivity contribution < 1.29 is 4.42 Å². The lowest BCUT2D eigenvalue weighted by Crippen LogP contribution is -2.49. The van der Waals surface area contributed by atoms with E-state index in [-0.39, 0.29) is 0 Å². The molecule has 0 aliphatic carbocycles. The number of furan rings is 1. The van der Waals surface area contributed by atoms with Crippen molar-refractivity contribution in [3.63, 3.8) is 0 Å². The molecule has 7 heterocycles. The molecule has 0 unspecified atom stereocenters. The van der Waals surface area contributed by atoms with E-state index in [2.05, 4.69) is 404 Å². The van der Waals surface area contributed by atoms with Gasteiger partial charge >= 0.3 is 0 Å². The molecule has 26 rings (SSSR count). The van der Waals surface area contributed by atoms with Crippen molar-refractivity contribution >= 4 is 127 Å². The first-order chi connectivity index (χ1) is 64.2. The summed E-state index contributed by atoms with van der Waals surface area (Å²) in [5.41, 5.74) is 27.2. The highest BCUT2D eigenvalue weighted by atomic mass is 28.3. The predicted octanol–water partition coefficient (Wildman–Crippen LogP) is 29.9. The monoisotopic (exact) mass is 1670 g/mol. The molecule has 0 amide bonds. The van der Waals surface area contributed by atoms with E-state index in [4.69, 9.17) is 34.3 Å². The van der Waals surface area contributed by atoms with Crippen molar-refractivity contribution in [1.29, 1.82) is 0 Å². The van der Waals surface area contributed by atoms with Crippen molar-refractivity contribution in [2.24, 2.45) is 0 Å². The number of benzene rings is 19. The van der Waals surface area contributed by atoms with Gasteiger partial charge < -0.3 is 8.98 Å². The molecule has 6 aromatic heterocycles. The third-order valence-electron chi connectivity index (χ3n) is 26.5. The van der Waals surface area contributed by atoms with Gasteiger partial charge in [0.2, 0.25) is 0 Å². The highest BCUT2D eigenvalue weighted by Crippen LogP contribution is 2.45. The van der Waals surface area contributed by atoms with Gasteiger partial charge in [-0.25, -0.2) is 29.9 Å². The van der Waals surface area contributed by atoms with Gasteiger partial charge in [0.15, 0.2) is 23.3 Å². The molecule has 0 atom stereocenters. The van der Waals surface area contributed by atoms with Gasteiger partial charge in [0.25, 0.3) is 0 Å². The Morgan fingerprint density at radius 1 is 0.231 bits per heavy atom. The molecular weight excluding hydrogens is 1600 g/mol. The Hall–Kier alpha value is -16.9. The third kappa shape index (κ3) is 12.8. The molecule has 0 N–H and O–H groups in total. The number of para-hydroxylation sites is 4. The molecule has 10 heteroatoms. The number of fused-ring (bicyclic) bond motifs is 16. The number of hydrogen-bond acceptors (Lipinski definition) is 7. The zero-order chi connectivity index (χ0) is 86.1. The minimum Gasteiger partial charge on any atom is -0.455 e. The minimum atomic E-state index is -1.78. The van der Waals surface area contributed by atoms with Crippen molar-refractivity contribution in [2.45, 2.75) is 13.1 Å². The first-order valence-electron chi connectivity index (χ1n) is 44.3. The molecule has 0 saturated heterocycles. The molecule has 25 aromatic rings. The lowest BCUT2D eigenvalue weighted by atomic mass is 9.95. The Kier molecular flexibility index (Phi) is 17.9. The van der Waals surface area contributed by atoms with Crippen LogP contribution in [0.2, 0.25) is 13.1 Å². The van der Waals surface area contributed by atoms with Gasteiger partial charge in [-0.05, 0) is 183 Å². The topological polar surface area (TPSA) is 100 Å². The van der Waals surface area contributed by atoms with E-state index in [1.807, 2.05) is 54.7 Å². The Morgan fingerprint density at radius 2 is 0.623 bits per heavy atom. The summed E-state index contributed by atoms with van der Waals surface area (Å²) < 4.78 is 11.0. The Bertz CT molecular complexity index is 8560. The summed E-state index contributed by atoms with van der Waals surface area (Å²) in [5, 5.41) is 19.1. The van der Waals surface area contributed by atoms with Crippen LogP contribution < -0.4 is 10.4 Å². The number of hydrogen-bond donors (Lipinski definition) is 0. The van der Waals surface area contributed by atoms with Crippen LogP contribution >= 0.6 is 0 Å². The van der Waals surface area contributed by atoms with E-state index in [1.54, 1.807) is 0 Å². The van der Waals surface area contributed by atoms with Crippen LogP contribution in [0, 0.1) is 0 Å². The Morgan fingerprint density at radius 3 is 1.17 bits per heavy atom. The fraction of sp³-hybridized carbons (Fsp3) is 0.0167. The van der Waals surface area contributed by atoms with Crippen LogP contribution in [-0.2, 0) is 0 Å². The van der Waals surface area contributed by atoms with Crippen LogP contribution in [0.1, 0.15) is 0 Å². The van der Waals surface area contributed by atoms with Crippen molar-refractivity contribution in [2.75, 3.05) is 0 Å². The van der Waals surface area contributed by atoms with Gasteiger partial charge in [0.1, 0.15) is 25.1 Å². The van der Waals surface area contributed by atoms with Gasteiger partial charge in [-0.2, -0.15) is 0 Å². The van der Waals surface area contributed by atoms with Crippen LogP contribution in [-0.4, -0.2) is 47.1 Å². The third-order valence-corrected chi connectivity index (χ3v) is 30.1. The van der Waals surface area contributed by atoms with Crippen molar-refractivity contribution in [3.05, 3.63) is 437 Å². The average molecular weight is 1680 g/mol.